The van der Waals surface area contributed by atoms with Gasteiger partial charge in [-0.05, 0) is 42.7 Å². The third-order valence-electron chi connectivity index (χ3n) is 3.17. The molecule has 0 saturated carbocycles. The molecule has 0 spiro atoms. The van der Waals surface area contributed by atoms with Gasteiger partial charge in [-0.3, -0.25) is 4.99 Å². The van der Waals surface area contributed by atoms with E-state index in [1.54, 1.807) is 31.7 Å². The minimum atomic E-state index is 0.678. The molecule has 0 radical (unpaired) electrons. The van der Waals surface area contributed by atoms with Crippen LogP contribution in [0.15, 0.2) is 59.9 Å². The second kappa shape index (κ2) is 7.29. The van der Waals surface area contributed by atoms with E-state index in [1.807, 2.05) is 6.08 Å². The molecule has 3 heteroatoms. The van der Waals surface area contributed by atoms with Gasteiger partial charge in [0.25, 0.3) is 0 Å². The van der Waals surface area contributed by atoms with Gasteiger partial charge in [0.05, 0.1) is 0 Å². The molecule has 0 fully saturated rings. The lowest BCUT2D eigenvalue weighted by molar-refractivity contribution is 1.13. The van der Waals surface area contributed by atoms with Crippen LogP contribution in [-0.2, 0) is 0 Å². The van der Waals surface area contributed by atoms with Crippen molar-refractivity contribution in [3.63, 3.8) is 0 Å². The summed E-state index contributed by atoms with van der Waals surface area (Å²) in [4.78, 5) is 12.6. The zero-order valence-electron chi connectivity index (χ0n) is 12.6. The van der Waals surface area contributed by atoms with Crippen LogP contribution in [0.2, 0.25) is 0 Å². The lowest BCUT2D eigenvalue weighted by Crippen LogP contribution is -1.93. The number of hydrogen-bond donors (Lipinski definition) is 0. The number of hydrogen-bond acceptors (Lipinski definition) is 3. The highest BCUT2D eigenvalue weighted by atomic mass is 14.9. The molecule has 3 nitrogen and oxygen atoms in total. The summed E-state index contributed by atoms with van der Waals surface area (Å²) >= 11 is 0. The monoisotopic (exact) mass is 277 g/mol. The normalized spacial score (nSPS) is 12.9. The van der Waals surface area contributed by atoms with Gasteiger partial charge in [-0.15, -0.1) is 0 Å². The van der Waals surface area contributed by atoms with Gasteiger partial charge < -0.3 is 0 Å². The number of aliphatic imine (C=N–C) groups is 1. The van der Waals surface area contributed by atoms with E-state index >= 15 is 0 Å². The summed E-state index contributed by atoms with van der Waals surface area (Å²) in [6.45, 7) is 4.22. The fourth-order valence-corrected chi connectivity index (χ4v) is 2.08. The van der Waals surface area contributed by atoms with Gasteiger partial charge in [-0.25, -0.2) is 9.97 Å². The molecule has 0 unspecified atom stereocenters. The molecule has 0 amide bonds. The van der Waals surface area contributed by atoms with E-state index in [0.29, 0.717) is 5.82 Å². The summed E-state index contributed by atoms with van der Waals surface area (Å²) in [6.07, 6.45) is 9.33. The van der Waals surface area contributed by atoms with Gasteiger partial charge in [-0.1, -0.05) is 30.3 Å². The highest BCUT2D eigenvalue weighted by molar-refractivity contribution is 6.08. The van der Waals surface area contributed by atoms with Crippen LogP contribution in [0.1, 0.15) is 23.9 Å². The van der Waals surface area contributed by atoms with Gasteiger partial charge >= 0.3 is 0 Å². The Morgan fingerprint density at radius 3 is 2.43 bits per heavy atom. The van der Waals surface area contributed by atoms with Crippen molar-refractivity contribution in [1.29, 1.82) is 0 Å². The molecular weight excluding hydrogens is 258 g/mol. The predicted molar refractivity (Wildman–Crippen MR) is 89.3 cm³/mol. The molecule has 0 atom stereocenters. The highest BCUT2D eigenvalue weighted by Crippen LogP contribution is 2.18. The first kappa shape index (κ1) is 14.9. The quantitative estimate of drug-likeness (QED) is 0.626. The minimum Gasteiger partial charge on any atom is -0.296 e. The first-order chi connectivity index (χ1) is 10.2. The standard InChI is InChI=1S/C18H19N3/c1-14-7-4-5-8-17(14)15(2)9-10-16(13-19-3)18-20-11-6-12-21-18/h4-13H,1-3H3/b15-9+,16-10+,19-13+. The van der Waals surface area contributed by atoms with E-state index in [0.717, 1.165) is 5.57 Å². The molecule has 0 bridgehead atoms. The summed E-state index contributed by atoms with van der Waals surface area (Å²) in [6, 6.07) is 10.2. The van der Waals surface area contributed by atoms with Crippen molar-refractivity contribution >= 4 is 17.4 Å². The summed E-state index contributed by atoms with van der Waals surface area (Å²) in [5.74, 6) is 0.678. The Morgan fingerprint density at radius 2 is 1.76 bits per heavy atom. The largest absolute Gasteiger partial charge is 0.296 e. The second-order valence-electron chi connectivity index (χ2n) is 4.75. The lowest BCUT2D eigenvalue weighted by atomic mass is 10.0. The Labute approximate surface area is 125 Å². The molecule has 0 aliphatic carbocycles. The first-order valence-electron chi connectivity index (χ1n) is 6.86. The van der Waals surface area contributed by atoms with Gasteiger partial charge in [-0.2, -0.15) is 0 Å². The van der Waals surface area contributed by atoms with Crippen molar-refractivity contribution < 1.29 is 0 Å². The van der Waals surface area contributed by atoms with Gasteiger partial charge in [0.2, 0.25) is 0 Å². The SMILES string of the molecule is C/N=C/C(=C\C=C(/C)c1ccccc1C)c1ncccn1. The van der Waals surface area contributed by atoms with Gasteiger partial charge in [0, 0.05) is 31.2 Å². The minimum absolute atomic E-state index is 0.678. The number of benzene rings is 1. The molecule has 1 aromatic heterocycles. The Hall–Kier alpha value is -2.55. The van der Waals surface area contributed by atoms with E-state index < -0.39 is 0 Å². The molecule has 1 aromatic carbocycles. The first-order valence-corrected chi connectivity index (χ1v) is 6.86. The van der Waals surface area contributed by atoms with Crippen molar-refractivity contribution in [2.45, 2.75) is 13.8 Å². The van der Waals surface area contributed by atoms with Crippen molar-refractivity contribution in [1.82, 2.24) is 9.97 Å². The highest BCUT2D eigenvalue weighted by Gasteiger charge is 2.01. The van der Waals surface area contributed by atoms with E-state index in [4.69, 9.17) is 0 Å². The van der Waals surface area contributed by atoms with E-state index in [1.165, 1.54) is 16.7 Å². The Balaban J connectivity index is 2.36. The van der Waals surface area contributed by atoms with Crippen molar-refractivity contribution in [2.24, 2.45) is 4.99 Å². The summed E-state index contributed by atoms with van der Waals surface area (Å²) < 4.78 is 0. The third-order valence-corrected chi connectivity index (χ3v) is 3.17. The maximum atomic E-state index is 4.27. The van der Waals surface area contributed by atoms with Gasteiger partial charge in [0.1, 0.15) is 0 Å². The van der Waals surface area contributed by atoms with Crippen LogP contribution in [0.5, 0.6) is 0 Å². The fourth-order valence-electron chi connectivity index (χ4n) is 2.08. The number of nitrogens with zero attached hydrogens (tertiary/aromatic N) is 3. The molecular formula is C18H19N3. The van der Waals surface area contributed by atoms with Crippen LogP contribution in [-0.4, -0.2) is 23.2 Å². The van der Waals surface area contributed by atoms with Crippen LogP contribution in [0.3, 0.4) is 0 Å². The van der Waals surface area contributed by atoms with E-state index in [2.05, 4.69) is 59.1 Å². The number of rotatable bonds is 4. The zero-order valence-corrected chi connectivity index (χ0v) is 12.6. The zero-order chi connectivity index (χ0) is 15.1. The van der Waals surface area contributed by atoms with E-state index in [-0.39, 0.29) is 0 Å². The molecule has 0 aliphatic rings. The molecule has 0 aliphatic heterocycles. The molecule has 0 saturated heterocycles. The van der Waals surface area contributed by atoms with Crippen molar-refractivity contribution in [3.05, 3.63) is 71.8 Å². The number of aromatic nitrogens is 2. The van der Waals surface area contributed by atoms with Crippen LogP contribution in [0, 0.1) is 6.92 Å². The average Bonchev–Trinajstić information content (AvgIpc) is 2.52. The van der Waals surface area contributed by atoms with Crippen molar-refractivity contribution in [2.75, 3.05) is 7.05 Å². The Morgan fingerprint density at radius 1 is 1.05 bits per heavy atom. The van der Waals surface area contributed by atoms with Crippen LogP contribution >= 0.6 is 0 Å². The average molecular weight is 277 g/mol. The number of allylic oxidation sites excluding steroid dienone is 4. The van der Waals surface area contributed by atoms with Crippen molar-refractivity contribution in [3.8, 4) is 0 Å². The maximum Gasteiger partial charge on any atom is 0.160 e. The molecule has 2 rings (SSSR count). The third kappa shape index (κ3) is 3.96. The topological polar surface area (TPSA) is 38.1 Å². The lowest BCUT2D eigenvalue weighted by Gasteiger charge is -2.05. The summed E-state index contributed by atoms with van der Waals surface area (Å²) in [7, 11) is 1.74. The Bertz CT molecular complexity index is 683. The number of aryl methyl sites for hydroxylation is 1. The van der Waals surface area contributed by atoms with Crippen LogP contribution < -0.4 is 0 Å². The fraction of sp³-hybridized carbons (Fsp3) is 0.167. The second-order valence-corrected chi connectivity index (χ2v) is 4.75. The van der Waals surface area contributed by atoms with Crippen LogP contribution in [0.4, 0.5) is 0 Å². The molecule has 21 heavy (non-hydrogen) atoms. The Kier molecular flexibility index (Phi) is 5.16. The van der Waals surface area contributed by atoms with E-state index in [9.17, 15) is 0 Å². The summed E-state index contributed by atoms with van der Waals surface area (Å²) in [5.41, 5.74) is 4.61. The molecule has 1 heterocycles. The molecule has 0 N–H and O–H groups in total. The predicted octanol–water partition coefficient (Wildman–Crippen LogP) is 3.97. The summed E-state index contributed by atoms with van der Waals surface area (Å²) in [5, 5.41) is 0. The van der Waals surface area contributed by atoms with Gasteiger partial charge in [0.15, 0.2) is 5.82 Å². The smallest absolute Gasteiger partial charge is 0.160 e. The molecule has 106 valence electrons. The maximum absolute atomic E-state index is 4.27. The van der Waals surface area contributed by atoms with Crippen LogP contribution in [0.25, 0.3) is 11.1 Å². The molecule has 2 aromatic rings.